The Morgan fingerprint density at radius 1 is 0.333 bits per heavy atom. The molecule has 0 radical (unpaired) electrons. The lowest BCUT2D eigenvalue weighted by molar-refractivity contribution is 0.669. The number of hydrogen-bond donors (Lipinski definition) is 0. The van der Waals surface area contributed by atoms with E-state index < -0.39 is 0 Å². The van der Waals surface area contributed by atoms with Crippen LogP contribution >= 0.6 is 0 Å². The van der Waals surface area contributed by atoms with Crippen LogP contribution in [0.3, 0.4) is 0 Å². The highest BCUT2D eigenvalue weighted by Gasteiger charge is 2.23. The van der Waals surface area contributed by atoms with E-state index in [0.29, 0.717) is 17.5 Å². The summed E-state index contributed by atoms with van der Waals surface area (Å²) in [7, 11) is 0. The van der Waals surface area contributed by atoms with Crippen molar-refractivity contribution in [3.8, 4) is 56.4 Å². The summed E-state index contributed by atoms with van der Waals surface area (Å²) < 4.78 is 6.45. The van der Waals surface area contributed by atoms with E-state index in [4.69, 9.17) is 19.4 Å². The molecule has 0 bridgehead atoms. The predicted octanol–water partition coefficient (Wildman–Crippen LogP) is 12.4. The fourth-order valence-electron chi connectivity index (χ4n) is 7.33. The van der Waals surface area contributed by atoms with Crippen molar-refractivity contribution >= 4 is 43.5 Å². The van der Waals surface area contributed by atoms with Crippen LogP contribution in [0.15, 0.2) is 180 Å². The largest absolute Gasteiger partial charge is 0.456 e. The van der Waals surface area contributed by atoms with Gasteiger partial charge in [0.05, 0.1) is 0 Å². The molecule has 0 aliphatic rings. The third-order valence-corrected chi connectivity index (χ3v) is 9.75. The molecule has 0 N–H and O–H groups in total. The van der Waals surface area contributed by atoms with Gasteiger partial charge in [0.15, 0.2) is 17.5 Å². The number of nitrogens with zero attached hydrogens (tertiary/aromatic N) is 3. The highest BCUT2D eigenvalue weighted by molar-refractivity contribution is 6.16. The first-order valence-electron chi connectivity index (χ1n) is 17.1. The average Bonchev–Trinajstić information content (AvgIpc) is 3.59. The van der Waals surface area contributed by atoms with E-state index in [1.54, 1.807) is 0 Å². The van der Waals surface area contributed by atoms with Crippen LogP contribution < -0.4 is 0 Å². The van der Waals surface area contributed by atoms with Gasteiger partial charge in [-0.3, -0.25) is 0 Å². The fourth-order valence-corrected chi connectivity index (χ4v) is 7.33. The molecule has 8 aromatic carbocycles. The maximum absolute atomic E-state index is 6.45. The molecule has 4 heteroatoms. The smallest absolute Gasteiger partial charge is 0.165 e. The van der Waals surface area contributed by atoms with Crippen molar-refractivity contribution in [2.45, 2.75) is 0 Å². The lowest BCUT2D eigenvalue weighted by Crippen LogP contribution is -2.02. The summed E-state index contributed by atoms with van der Waals surface area (Å²) in [4.78, 5) is 15.8. The maximum Gasteiger partial charge on any atom is 0.165 e. The first kappa shape index (κ1) is 29.0. The van der Waals surface area contributed by atoms with Crippen LogP contribution in [0.1, 0.15) is 0 Å². The summed E-state index contributed by atoms with van der Waals surface area (Å²) in [6.45, 7) is 0. The van der Waals surface area contributed by atoms with Crippen molar-refractivity contribution < 1.29 is 4.42 Å². The molecule has 0 spiro atoms. The molecule has 4 nitrogen and oxygen atoms in total. The highest BCUT2D eigenvalue weighted by Crippen LogP contribution is 2.43. The fraction of sp³-hybridized carbons (Fsp3) is 0. The van der Waals surface area contributed by atoms with Crippen LogP contribution in [0.25, 0.3) is 99.9 Å². The van der Waals surface area contributed by atoms with E-state index in [1.165, 1.54) is 10.9 Å². The van der Waals surface area contributed by atoms with Crippen molar-refractivity contribution in [2.24, 2.45) is 0 Å². The molecule has 0 unspecified atom stereocenters. The van der Waals surface area contributed by atoms with Gasteiger partial charge in [-0.25, -0.2) is 15.0 Å². The zero-order valence-electron chi connectivity index (χ0n) is 27.5. The molecule has 0 atom stereocenters. The number of fused-ring (bicyclic) bond motifs is 6. The Bertz CT molecular complexity index is 2900. The van der Waals surface area contributed by atoms with Crippen molar-refractivity contribution in [1.82, 2.24) is 15.0 Å². The number of hydrogen-bond acceptors (Lipinski definition) is 4. The van der Waals surface area contributed by atoms with Gasteiger partial charge in [0, 0.05) is 27.5 Å². The molecule has 238 valence electrons. The quantitative estimate of drug-likeness (QED) is 0.174. The Hall–Kier alpha value is -6.91. The molecular formula is C47H29N3O. The number of aromatic nitrogens is 3. The Balaban J connectivity index is 1.28. The summed E-state index contributed by atoms with van der Waals surface area (Å²) in [5.41, 5.74) is 8.83. The molecule has 2 aromatic heterocycles. The van der Waals surface area contributed by atoms with Crippen molar-refractivity contribution in [1.29, 1.82) is 0 Å². The summed E-state index contributed by atoms with van der Waals surface area (Å²) in [5, 5.41) is 6.59. The SMILES string of the molecule is c1ccc(-c2ccc(-c3ccc4oc5ccccc5c4c3-c3nc(-c4ccccc4)nc(-c4cc5ccccc5c5ccccc45)n3)cc2)cc1. The zero-order chi connectivity index (χ0) is 33.7. The monoisotopic (exact) mass is 651 g/mol. The standard InChI is InChI=1S/C47H29N3O/c1-3-13-30(14-4-1)31-23-25-32(26-24-31)36-27-28-42-43(39-21-11-12-22-41(39)51-42)44(36)47-49-45(33-15-5-2-6-16-33)48-46(50-47)40-29-34-17-7-8-18-35(34)37-19-9-10-20-38(37)40/h1-29H. The van der Waals surface area contributed by atoms with Gasteiger partial charge >= 0.3 is 0 Å². The topological polar surface area (TPSA) is 51.8 Å². The summed E-state index contributed by atoms with van der Waals surface area (Å²) in [6, 6.07) is 61.0. The minimum atomic E-state index is 0.593. The second-order valence-electron chi connectivity index (χ2n) is 12.8. The number of para-hydroxylation sites is 1. The summed E-state index contributed by atoms with van der Waals surface area (Å²) in [5.74, 6) is 1.83. The predicted molar refractivity (Wildman–Crippen MR) is 209 cm³/mol. The second kappa shape index (κ2) is 11.9. The molecule has 10 aromatic rings. The number of benzene rings is 8. The average molecular weight is 652 g/mol. The number of furan rings is 1. The second-order valence-corrected chi connectivity index (χ2v) is 12.8. The van der Waals surface area contributed by atoms with Gasteiger partial charge in [0.25, 0.3) is 0 Å². The van der Waals surface area contributed by atoms with Gasteiger partial charge in [-0.2, -0.15) is 0 Å². The van der Waals surface area contributed by atoms with Crippen LogP contribution in [0, 0.1) is 0 Å². The number of rotatable bonds is 5. The molecule has 0 saturated carbocycles. The van der Waals surface area contributed by atoms with Crippen molar-refractivity contribution in [3.05, 3.63) is 176 Å². The molecule has 51 heavy (non-hydrogen) atoms. The Kier molecular flexibility index (Phi) is 6.78. The van der Waals surface area contributed by atoms with E-state index in [1.807, 2.05) is 36.4 Å². The minimum Gasteiger partial charge on any atom is -0.456 e. The van der Waals surface area contributed by atoms with Gasteiger partial charge in [-0.1, -0.05) is 152 Å². The van der Waals surface area contributed by atoms with Crippen LogP contribution in [0.5, 0.6) is 0 Å². The summed E-state index contributed by atoms with van der Waals surface area (Å²) in [6.07, 6.45) is 0. The van der Waals surface area contributed by atoms with E-state index in [-0.39, 0.29) is 0 Å². The van der Waals surface area contributed by atoms with E-state index >= 15 is 0 Å². The Morgan fingerprint density at radius 3 is 1.69 bits per heavy atom. The molecule has 2 heterocycles. The van der Waals surface area contributed by atoms with Crippen molar-refractivity contribution in [3.63, 3.8) is 0 Å². The van der Waals surface area contributed by atoms with Gasteiger partial charge in [-0.05, 0) is 68.1 Å². The van der Waals surface area contributed by atoms with Crippen molar-refractivity contribution in [2.75, 3.05) is 0 Å². The lowest BCUT2D eigenvalue weighted by Gasteiger charge is -2.15. The van der Waals surface area contributed by atoms with Crippen LogP contribution in [0.2, 0.25) is 0 Å². The third-order valence-electron chi connectivity index (χ3n) is 9.75. The lowest BCUT2D eigenvalue weighted by atomic mass is 9.93. The van der Waals surface area contributed by atoms with Crippen LogP contribution in [-0.4, -0.2) is 15.0 Å². The van der Waals surface area contributed by atoms with E-state index in [0.717, 1.165) is 71.5 Å². The molecule has 0 saturated heterocycles. The van der Waals surface area contributed by atoms with Crippen LogP contribution in [-0.2, 0) is 0 Å². The highest BCUT2D eigenvalue weighted by atomic mass is 16.3. The molecule has 10 rings (SSSR count). The minimum absolute atomic E-state index is 0.593. The molecule has 0 aliphatic carbocycles. The molecular weight excluding hydrogens is 623 g/mol. The third kappa shape index (κ3) is 4.96. The Labute approximate surface area is 294 Å². The van der Waals surface area contributed by atoms with Gasteiger partial charge < -0.3 is 4.42 Å². The first-order chi connectivity index (χ1) is 25.3. The van der Waals surface area contributed by atoms with E-state index in [9.17, 15) is 0 Å². The molecule has 0 amide bonds. The van der Waals surface area contributed by atoms with Crippen LogP contribution in [0.4, 0.5) is 0 Å². The van der Waals surface area contributed by atoms with E-state index in [2.05, 4.69) is 140 Å². The van der Waals surface area contributed by atoms with Gasteiger partial charge in [0.1, 0.15) is 11.2 Å². The maximum atomic E-state index is 6.45. The normalized spacial score (nSPS) is 11.5. The Morgan fingerprint density at radius 2 is 0.902 bits per heavy atom. The summed E-state index contributed by atoms with van der Waals surface area (Å²) >= 11 is 0. The molecule has 0 aliphatic heterocycles. The van der Waals surface area contributed by atoms with Gasteiger partial charge in [0.2, 0.25) is 0 Å². The van der Waals surface area contributed by atoms with Gasteiger partial charge in [-0.15, -0.1) is 0 Å². The zero-order valence-corrected chi connectivity index (χ0v) is 27.5. The molecule has 0 fully saturated rings. The first-order valence-corrected chi connectivity index (χ1v) is 17.1.